The van der Waals surface area contributed by atoms with Gasteiger partial charge in [-0.15, -0.1) is 0 Å². The first-order chi connectivity index (χ1) is 17.0. The van der Waals surface area contributed by atoms with Crippen molar-refractivity contribution in [2.24, 2.45) is 0 Å². The number of carbonyl (C=O) groups is 3. The van der Waals surface area contributed by atoms with E-state index in [0.717, 1.165) is 5.56 Å². The Morgan fingerprint density at radius 2 is 1.89 bits per heavy atom. The van der Waals surface area contributed by atoms with Crippen LogP contribution in [0.25, 0.3) is 0 Å². The number of anilines is 1. The van der Waals surface area contributed by atoms with E-state index >= 15 is 0 Å². The van der Waals surface area contributed by atoms with E-state index in [9.17, 15) is 19.6 Å². The monoisotopic (exact) mass is 490 g/mol. The molecular weight excluding hydrogens is 456 g/mol. The highest BCUT2D eigenvalue weighted by molar-refractivity contribution is 6.04. The van der Waals surface area contributed by atoms with Gasteiger partial charge in [-0.2, -0.15) is 5.26 Å². The van der Waals surface area contributed by atoms with Gasteiger partial charge in [-0.25, -0.2) is 0 Å². The first-order valence-electron chi connectivity index (χ1n) is 12.0. The van der Waals surface area contributed by atoms with Crippen LogP contribution in [0.15, 0.2) is 48.8 Å². The minimum Gasteiger partial charge on any atom is -0.347 e. The molecule has 0 bridgehead atoms. The largest absolute Gasteiger partial charge is 0.347 e. The van der Waals surface area contributed by atoms with E-state index in [-0.39, 0.29) is 23.8 Å². The highest BCUT2D eigenvalue weighted by Crippen LogP contribution is 2.33. The van der Waals surface area contributed by atoms with Crippen LogP contribution in [0, 0.1) is 11.5 Å². The van der Waals surface area contributed by atoms with Gasteiger partial charge in [0.2, 0.25) is 11.8 Å². The smallest absolute Gasteiger partial charge is 0.251 e. The lowest BCUT2D eigenvalue weighted by Crippen LogP contribution is -2.51. The maximum atomic E-state index is 14.0. The van der Waals surface area contributed by atoms with E-state index in [4.69, 9.17) is 0 Å². The van der Waals surface area contributed by atoms with E-state index in [2.05, 4.69) is 37.3 Å². The maximum Gasteiger partial charge on any atom is 0.251 e. The summed E-state index contributed by atoms with van der Waals surface area (Å²) >= 11 is 0. The van der Waals surface area contributed by atoms with Crippen molar-refractivity contribution < 1.29 is 14.4 Å². The third kappa shape index (κ3) is 6.00. The minimum atomic E-state index is -1.08. The molecule has 9 heteroatoms. The summed E-state index contributed by atoms with van der Waals surface area (Å²) in [7, 11) is 3.21. The number of rotatable bonds is 7. The maximum absolute atomic E-state index is 14.0. The fourth-order valence-corrected chi connectivity index (χ4v) is 4.20. The molecule has 36 heavy (non-hydrogen) atoms. The fraction of sp³-hybridized carbons (Fsp3) is 0.444. The molecule has 0 radical (unpaired) electrons. The Morgan fingerprint density at radius 3 is 2.44 bits per heavy atom. The minimum absolute atomic E-state index is 0.0942. The lowest BCUT2D eigenvalue weighted by atomic mass is 9.87. The molecule has 1 aromatic carbocycles. The zero-order valence-electron chi connectivity index (χ0n) is 21.6. The number of aromatic nitrogens is 1. The summed E-state index contributed by atoms with van der Waals surface area (Å²) in [6, 6.07) is 9.21. The number of nitrogens with zero attached hydrogens (tertiary/aromatic N) is 5. The molecule has 0 spiro atoms. The zero-order chi connectivity index (χ0) is 26.5. The summed E-state index contributed by atoms with van der Waals surface area (Å²) in [5.74, 6) is -1.12. The molecule has 1 aromatic heterocycles. The molecule has 1 saturated heterocycles. The lowest BCUT2D eigenvalue weighted by molar-refractivity contribution is -0.132. The van der Waals surface area contributed by atoms with Crippen LogP contribution in [0.2, 0.25) is 0 Å². The summed E-state index contributed by atoms with van der Waals surface area (Å²) in [6.45, 7) is 6.58. The molecule has 1 aliphatic heterocycles. The standard InChI is InChI=1S/C27H34N6O3/c1-27(2,3)20-10-12-21(13-11-20)33(26(36)22-9-7-15-32(22)18-28)24(19-8-6-14-29-16-19)25(35)30-17-23(34)31(4)5/h6,8,10-14,16,22,24H,7,9,15,17H2,1-5H3,(H,30,35). The Hall–Kier alpha value is -3.93. The highest BCUT2D eigenvalue weighted by atomic mass is 16.2. The van der Waals surface area contributed by atoms with Crippen molar-refractivity contribution >= 4 is 23.4 Å². The number of hydrogen-bond donors (Lipinski definition) is 1. The van der Waals surface area contributed by atoms with Crippen LogP contribution in [-0.4, -0.2) is 65.7 Å². The molecule has 0 aliphatic carbocycles. The Balaban J connectivity index is 2.09. The molecule has 2 atom stereocenters. The molecular formula is C27H34N6O3. The van der Waals surface area contributed by atoms with Gasteiger partial charge in [0.1, 0.15) is 12.1 Å². The molecule has 2 heterocycles. The van der Waals surface area contributed by atoms with Crippen molar-refractivity contribution in [1.29, 1.82) is 5.26 Å². The molecule has 3 amide bonds. The van der Waals surface area contributed by atoms with E-state index in [1.165, 1.54) is 14.7 Å². The SMILES string of the molecule is CN(C)C(=O)CNC(=O)C(c1cccnc1)N(C(=O)C1CCCN1C#N)c1ccc(C(C)(C)C)cc1. The second-order valence-electron chi connectivity index (χ2n) is 10.2. The van der Waals surface area contributed by atoms with Crippen LogP contribution in [0.3, 0.4) is 0 Å². The molecule has 1 fully saturated rings. The molecule has 3 rings (SSSR count). The lowest BCUT2D eigenvalue weighted by Gasteiger charge is -2.34. The van der Waals surface area contributed by atoms with Crippen LogP contribution in [0.4, 0.5) is 5.69 Å². The van der Waals surface area contributed by atoms with Crippen molar-refractivity contribution in [2.45, 2.75) is 51.1 Å². The average Bonchev–Trinajstić information content (AvgIpc) is 3.34. The van der Waals surface area contributed by atoms with Gasteiger partial charge in [-0.3, -0.25) is 29.2 Å². The molecule has 190 valence electrons. The summed E-state index contributed by atoms with van der Waals surface area (Å²) in [6.07, 6.45) is 6.47. The van der Waals surface area contributed by atoms with Crippen molar-refractivity contribution in [3.8, 4) is 6.19 Å². The van der Waals surface area contributed by atoms with Gasteiger partial charge in [0.05, 0.1) is 6.54 Å². The number of likely N-dealkylation sites (tertiary alicyclic amines) is 1. The highest BCUT2D eigenvalue weighted by Gasteiger charge is 2.40. The number of likely N-dealkylation sites (N-methyl/N-ethyl adjacent to an activating group) is 1. The number of carbonyl (C=O) groups excluding carboxylic acids is 3. The summed E-state index contributed by atoms with van der Waals surface area (Å²) in [4.78, 5) is 48.3. The van der Waals surface area contributed by atoms with Crippen LogP contribution in [0.5, 0.6) is 0 Å². The summed E-state index contributed by atoms with van der Waals surface area (Å²) in [5, 5.41) is 12.3. The van der Waals surface area contributed by atoms with Gasteiger partial charge in [0.25, 0.3) is 5.91 Å². The van der Waals surface area contributed by atoms with Crippen LogP contribution < -0.4 is 10.2 Å². The number of nitriles is 1. The molecule has 2 unspecified atom stereocenters. The molecule has 2 aromatic rings. The Morgan fingerprint density at radius 1 is 1.19 bits per heavy atom. The number of benzene rings is 1. The molecule has 0 saturated carbocycles. The number of amides is 3. The first-order valence-corrected chi connectivity index (χ1v) is 12.0. The van der Waals surface area contributed by atoms with Gasteiger partial charge in [-0.05, 0) is 42.0 Å². The van der Waals surface area contributed by atoms with Crippen LogP contribution in [-0.2, 0) is 19.8 Å². The predicted molar refractivity (Wildman–Crippen MR) is 137 cm³/mol. The second-order valence-corrected chi connectivity index (χ2v) is 10.2. The van der Waals surface area contributed by atoms with Crippen molar-refractivity contribution in [2.75, 3.05) is 32.1 Å². The van der Waals surface area contributed by atoms with Gasteiger partial charge >= 0.3 is 0 Å². The average molecular weight is 491 g/mol. The van der Waals surface area contributed by atoms with E-state index < -0.39 is 18.0 Å². The molecule has 1 aliphatic rings. The second kappa shape index (κ2) is 11.2. The zero-order valence-corrected chi connectivity index (χ0v) is 21.6. The summed E-state index contributed by atoms with van der Waals surface area (Å²) in [5.41, 5.74) is 2.02. The number of hydrogen-bond acceptors (Lipinski definition) is 6. The predicted octanol–water partition coefficient (Wildman–Crippen LogP) is 2.60. The topological polar surface area (TPSA) is 110 Å². The summed E-state index contributed by atoms with van der Waals surface area (Å²) < 4.78 is 0. The quantitative estimate of drug-likeness (QED) is 0.598. The normalized spacial score (nSPS) is 16.1. The van der Waals surface area contributed by atoms with Gasteiger partial charge in [0, 0.05) is 44.3 Å². The van der Waals surface area contributed by atoms with Gasteiger partial charge in [0.15, 0.2) is 6.19 Å². The van der Waals surface area contributed by atoms with Crippen LogP contribution >= 0.6 is 0 Å². The van der Waals surface area contributed by atoms with Crippen molar-refractivity contribution in [3.63, 3.8) is 0 Å². The Kier molecular flexibility index (Phi) is 8.30. The van der Waals surface area contributed by atoms with E-state index in [0.29, 0.717) is 30.6 Å². The Bertz CT molecular complexity index is 1120. The molecule has 1 N–H and O–H groups in total. The third-order valence-corrected chi connectivity index (χ3v) is 6.33. The van der Waals surface area contributed by atoms with Gasteiger partial charge < -0.3 is 10.2 Å². The first kappa shape index (κ1) is 26.7. The third-order valence-electron chi connectivity index (χ3n) is 6.33. The molecule has 9 nitrogen and oxygen atoms in total. The van der Waals surface area contributed by atoms with Crippen LogP contribution in [0.1, 0.15) is 50.8 Å². The van der Waals surface area contributed by atoms with E-state index in [1.54, 1.807) is 38.6 Å². The van der Waals surface area contributed by atoms with Crippen molar-refractivity contribution in [1.82, 2.24) is 20.1 Å². The van der Waals surface area contributed by atoms with Gasteiger partial charge in [-0.1, -0.05) is 39.0 Å². The Labute approximate surface area is 212 Å². The number of pyridine rings is 1. The fourth-order valence-electron chi connectivity index (χ4n) is 4.20. The number of nitrogens with one attached hydrogen (secondary N) is 1. The van der Waals surface area contributed by atoms with Crippen molar-refractivity contribution in [3.05, 3.63) is 59.9 Å². The van der Waals surface area contributed by atoms with E-state index in [1.807, 2.05) is 24.3 Å².